The molecule has 0 fully saturated rings. The number of nitrogens with one attached hydrogen (secondary N) is 1. The highest BCUT2D eigenvalue weighted by molar-refractivity contribution is 6.39. The number of ether oxygens (including phenoxy) is 3. The van der Waals surface area contributed by atoms with Crippen LogP contribution in [0.2, 0.25) is 0 Å². The number of nitrogens with two attached hydrogens (primary N) is 1. The van der Waals surface area contributed by atoms with Gasteiger partial charge in [-0.1, -0.05) is 6.92 Å². The fourth-order valence-corrected chi connectivity index (χ4v) is 3.38. The average Bonchev–Trinajstić information content (AvgIpc) is 3.16. The van der Waals surface area contributed by atoms with Crippen molar-refractivity contribution in [2.75, 3.05) is 13.2 Å². The van der Waals surface area contributed by atoms with Gasteiger partial charge in [-0.15, -0.1) is 23.2 Å². The molecule has 0 aliphatic heterocycles. The first-order chi connectivity index (χ1) is 14.2. The second-order valence-electron chi connectivity index (χ2n) is 5.99. The zero-order valence-electron chi connectivity index (χ0n) is 16.5. The van der Waals surface area contributed by atoms with Gasteiger partial charge in [-0.2, -0.15) is 4.98 Å². The lowest BCUT2D eigenvalue weighted by Gasteiger charge is -2.41. The molecule has 0 saturated carbocycles. The Hall–Kier alpha value is -2.50. The van der Waals surface area contributed by atoms with Gasteiger partial charge in [0.25, 0.3) is 5.41 Å². The number of carbonyl (C=O) groups excluding carboxylic acids is 3. The molecular formula is C17H21Cl2N5O6. The van der Waals surface area contributed by atoms with Crippen molar-refractivity contribution in [2.45, 2.75) is 37.6 Å². The maximum absolute atomic E-state index is 13.3. The smallest absolute Gasteiger partial charge is 0.345 e. The summed E-state index contributed by atoms with van der Waals surface area (Å²) in [5, 5.41) is 0. The SMILES string of the molecule is CCOC(=O)C(C(=O)OCC)(C(=O)Oc1ncc2[nH]cnc2n1)C(Cl)(CC)C(N)Cl. The first kappa shape index (κ1) is 23.8. The number of alkyl halides is 2. The van der Waals surface area contributed by atoms with Crippen molar-refractivity contribution >= 4 is 52.3 Å². The molecule has 0 aliphatic rings. The molecular weight excluding hydrogens is 441 g/mol. The Balaban J connectivity index is 2.65. The number of nitrogens with zero attached hydrogens (tertiary/aromatic N) is 3. The summed E-state index contributed by atoms with van der Waals surface area (Å²) in [5.41, 5.74) is 2.06. The van der Waals surface area contributed by atoms with Crippen molar-refractivity contribution in [2.24, 2.45) is 11.1 Å². The number of fused-ring (bicyclic) bond motifs is 1. The predicted molar refractivity (Wildman–Crippen MR) is 106 cm³/mol. The minimum absolute atomic E-state index is 0.169. The predicted octanol–water partition coefficient (Wildman–Crippen LogP) is 1.28. The van der Waals surface area contributed by atoms with E-state index in [9.17, 15) is 14.4 Å². The molecule has 2 rings (SSSR count). The van der Waals surface area contributed by atoms with Crippen LogP contribution in [0, 0.1) is 5.41 Å². The van der Waals surface area contributed by atoms with Crippen molar-refractivity contribution in [1.29, 1.82) is 0 Å². The summed E-state index contributed by atoms with van der Waals surface area (Å²) < 4.78 is 15.2. The van der Waals surface area contributed by atoms with E-state index in [0.29, 0.717) is 5.52 Å². The quantitative estimate of drug-likeness (QED) is 0.241. The Morgan fingerprint density at radius 3 is 2.23 bits per heavy atom. The number of halogens is 2. The minimum Gasteiger partial charge on any atom is -0.465 e. The van der Waals surface area contributed by atoms with E-state index in [1.54, 1.807) is 0 Å². The average molecular weight is 462 g/mol. The molecule has 0 aliphatic carbocycles. The number of aromatic nitrogens is 4. The largest absolute Gasteiger partial charge is 0.465 e. The normalized spacial score (nSPS) is 14.6. The van der Waals surface area contributed by atoms with Gasteiger partial charge in [-0.3, -0.25) is 9.59 Å². The Labute approximate surface area is 181 Å². The maximum Gasteiger partial charge on any atom is 0.345 e. The number of hydrogen-bond donors (Lipinski definition) is 2. The number of H-pyrrole nitrogens is 1. The van der Waals surface area contributed by atoms with Crippen LogP contribution in [0.15, 0.2) is 12.5 Å². The van der Waals surface area contributed by atoms with Crippen LogP contribution in [0.3, 0.4) is 0 Å². The molecule has 2 aromatic rings. The lowest BCUT2D eigenvalue weighted by Crippen LogP contribution is -2.67. The molecule has 0 saturated heterocycles. The Morgan fingerprint density at radius 2 is 1.73 bits per heavy atom. The van der Waals surface area contributed by atoms with Gasteiger partial charge in [0.15, 0.2) is 5.65 Å². The highest BCUT2D eigenvalue weighted by atomic mass is 35.5. The molecule has 0 aromatic carbocycles. The van der Waals surface area contributed by atoms with E-state index in [4.69, 9.17) is 43.1 Å². The van der Waals surface area contributed by atoms with Gasteiger partial charge in [0.1, 0.15) is 15.9 Å². The maximum atomic E-state index is 13.3. The molecule has 13 heteroatoms. The Bertz CT molecular complexity index is 918. The molecule has 2 atom stereocenters. The topological polar surface area (TPSA) is 159 Å². The molecule has 3 N–H and O–H groups in total. The van der Waals surface area contributed by atoms with E-state index >= 15 is 0 Å². The number of imidazole rings is 1. The molecule has 11 nitrogen and oxygen atoms in total. The van der Waals surface area contributed by atoms with Gasteiger partial charge in [0, 0.05) is 0 Å². The number of carbonyl (C=O) groups is 3. The van der Waals surface area contributed by atoms with Crippen LogP contribution in [0.25, 0.3) is 11.2 Å². The van der Waals surface area contributed by atoms with Gasteiger partial charge in [-0.05, 0) is 20.3 Å². The lowest BCUT2D eigenvalue weighted by molar-refractivity contribution is -0.184. The third-order valence-electron chi connectivity index (χ3n) is 4.38. The number of rotatable bonds is 9. The van der Waals surface area contributed by atoms with Gasteiger partial charge < -0.3 is 24.9 Å². The molecule has 30 heavy (non-hydrogen) atoms. The van der Waals surface area contributed by atoms with Crippen molar-refractivity contribution in [1.82, 2.24) is 19.9 Å². The van der Waals surface area contributed by atoms with Crippen LogP contribution < -0.4 is 10.5 Å². The minimum atomic E-state index is -2.85. The highest BCUT2D eigenvalue weighted by Crippen LogP contribution is 2.46. The monoisotopic (exact) mass is 461 g/mol. The van der Waals surface area contributed by atoms with Crippen molar-refractivity contribution in [3.05, 3.63) is 12.5 Å². The molecule has 0 spiro atoms. The van der Waals surface area contributed by atoms with E-state index in [0.717, 1.165) is 0 Å². The van der Waals surface area contributed by atoms with E-state index in [1.165, 1.54) is 33.3 Å². The molecule has 0 radical (unpaired) electrons. The summed E-state index contributed by atoms with van der Waals surface area (Å²) in [6, 6.07) is -0.476. The van der Waals surface area contributed by atoms with Gasteiger partial charge >= 0.3 is 23.9 Å². The van der Waals surface area contributed by atoms with E-state index in [1.807, 2.05) is 0 Å². The number of hydrogen-bond acceptors (Lipinski definition) is 10. The lowest BCUT2D eigenvalue weighted by atomic mass is 9.72. The van der Waals surface area contributed by atoms with Crippen LogP contribution in [0.4, 0.5) is 0 Å². The molecule has 164 valence electrons. The van der Waals surface area contributed by atoms with Gasteiger partial charge in [-0.25, -0.2) is 14.8 Å². The highest BCUT2D eigenvalue weighted by Gasteiger charge is 2.71. The summed E-state index contributed by atoms with van der Waals surface area (Å²) in [6.45, 7) is 4.11. The third-order valence-corrected chi connectivity index (χ3v) is 5.65. The summed E-state index contributed by atoms with van der Waals surface area (Å²) in [7, 11) is 0. The van der Waals surface area contributed by atoms with Crippen LogP contribution in [-0.2, 0) is 23.9 Å². The molecule has 2 aromatic heterocycles. The second kappa shape index (κ2) is 9.54. The van der Waals surface area contributed by atoms with Crippen molar-refractivity contribution in [3.8, 4) is 6.01 Å². The Morgan fingerprint density at radius 1 is 1.13 bits per heavy atom. The van der Waals surface area contributed by atoms with Crippen LogP contribution in [0.5, 0.6) is 6.01 Å². The zero-order valence-corrected chi connectivity index (χ0v) is 18.0. The fourth-order valence-electron chi connectivity index (χ4n) is 2.83. The first-order valence-electron chi connectivity index (χ1n) is 9.00. The van der Waals surface area contributed by atoms with Crippen LogP contribution in [0.1, 0.15) is 27.2 Å². The second-order valence-corrected chi connectivity index (χ2v) is 7.14. The summed E-state index contributed by atoms with van der Waals surface area (Å²) in [4.78, 5) is 51.7. The summed E-state index contributed by atoms with van der Waals surface area (Å²) >= 11 is 12.6. The third kappa shape index (κ3) is 3.92. The van der Waals surface area contributed by atoms with E-state index in [-0.39, 0.29) is 25.3 Å². The van der Waals surface area contributed by atoms with Crippen LogP contribution >= 0.6 is 23.2 Å². The Kier molecular flexibility index (Phi) is 7.56. The van der Waals surface area contributed by atoms with Gasteiger partial charge in [0.2, 0.25) is 0 Å². The molecule has 0 bridgehead atoms. The molecule has 0 amide bonds. The number of esters is 3. The number of aromatic amines is 1. The van der Waals surface area contributed by atoms with Crippen molar-refractivity contribution < 1.29 is 28.6 Å². The first-order valence-corrected chi connectivity index (χ1v) is 9.81. The fraction of sp³-hybridized carbons (Fsp3) is 0.529. The van der Waals surface area contributed by atoms with Crippen molar-refractivity contribution in [3.63, 3.8) is 0 Å². The van der Waals surface area contributed by atoms with Crippen LogP contribution in [-0.4, -0.2) is 61.4 Å². The summed E-state index contributed by atoms with van der Waals surface area (Å²) in [5.74, 6) is -4.08. The molecule has 2 unspecified atom stereocenters. The van der Waals surface area contributed by atoms with E-state index in [2.05, 4.69) is 19.9 Å². The van der Waals surface area contributed by atoms with Gasteiger partial charge in [0.05, 0.1) is 25.7 Å². The van der Waals surface area contributed by atoms with E-state index < -0.39 is 39.7 Å². The standard InChI is InChI=1S/C17H21Cl2N5O6/c1-4-16(19,11(18)20)17(12(25)28-5-2,13(26)29-6-3)14(27)30-15-21-7-9-10(24-15)23-8-22-9/h7-8,11H,4-6,20H2,1-3H3,(H,21,22,23,24). The summed E-state index contributed by atoms with van der Waals surface area (Å²) in [6.07, 6.45) is 2.47. The molecule has 2 heterocycles. The zero-order chi connectivity index (χ0) is 22.5.